The minimum absolute atomic E-state index is 0.0121. The minimum Gasteiger partial charge on any atom is -0.376 e. The quantitative estimate of drug-likeness (QED) is 0.833. The Labute approximate surface area is 163 Å². The summed E-state index contributed by atoms with van der Waals surface area (Å²) in [7, 11) is 3.86. The number of ether oxygens (including phenoxy) is 1. The molecule has 1 heterocycles. The smallest absolute Gasteiger partial charge is 0.237 e. The van der Waals surface area contributed by atoms with Crippen molar-refractivity contribution in [1.82, 2.24) is 9.80 Å². The molecule has 0 bridgehead atoms. The third-order valence-corrected chi connectivity index (χ3v) is 6.05. The van der Waals surface area contributed by atoms with E-state index >= 15 is 0 Å². The van der Waals surface area contributed by atoms with E-state index in [1.807, 2.05) is 23.9 Å². The zero-order valence-corrected chi connectivity index (χ0v) is 16.8. The Hall–Kier alpha value is -1.43. The second kappa shape index (κ2) is 9.67. The van der Waals surface area contributed by atoms with Gasteiger partial charge in [0.15, 0.2) is 0 Å². The molecule has 27 heavy (non-hydrogen) atoms. The van der Waals surface area contributed by atoms with Gasteiger partial charge in [-0.05, 0) is 64.1 Å². The van der Waals surface area contributed by atoms with Crippen LogP contribution in [0.3, 0.4) is 0 Å². The lowest BCUT2D eigenvalue weighted by Crippen LogP contribution is -2.58. The number of likely N-dealkylation sites (tertiary alicyclic amines) is 1. The zero-order chi connectivity index (χ0) is 19.2. The Balaban J connectivity index is 1.50. The highest BCUT2D eigenvalue weighted by atomic mass is 16.5. The molecule has 2 fully saturated rings. The summed E-state index contributed by atoms with van der Waals surface area (Å²) in [6.07, 6.45) is 6.79. The second-order valence-electron chi connectivity index (χ2n) is 8.42. The summed E-state index contributed by atoms with van der Waals surface area (Å²) in [4.78, 5) is 16.5. The predicted molar refractivity (Wildman–Crippen MR) is 109 cm³/mol. The molecule has 2 N–H and O–H groups in total. The van der Waals surface area contributed by atoms with E-state index in [1.165, 1.54) is 18.4 Å². The van der Waals surface area contributed by atoms with Crippen LogP contribution in [-0.2, 0) is 9.53 Å². The maximum Gasteiger partial charge on any atom is 0.237 e. The van der Waals surface area contributed by atoms with Gasteiger partial charge in [-0.2, -0.15) is 0 Å². The Kier molecular flexibility index (Phi) is 7.27. The summed E-state index contributed by atoms with van der Waals surface area (Å²) >= 11 is 0. The number of carbonyl (C=O) groups is 1. The van der Waals surface area contributed by atoms with E-state index < -0.39 is 0 Å². The lowest BCUT2D eigenvalue weighted by molar-refractivity contribution is -0.138. The number of rotatable bonds is 6. The van der Waals surface area contributed by atoms with Crippen LogP contribution in [0.5, 0.6) is 0 Å². The van der Waals surface area contributed by atoms with Crippen LogP contribution in [-0.4, -0.2) is 67.7 Å². The monoisotopic (exact) mass is 373 g/mol. The van der Waals surface area contributed by atoms with Crippen LogP contribution < -0.4 is 5.73 Å². The van der Waals surface area contributed by atoms with Crippen LogP contribution >= 0.6 is 0 Å². The van der Waals surface area contributed by atoms with Gasteiger partial charge in [-0.15, -0.1) is 0 Å². The van der Waals surface area contributed by atoms with Gasteiger partial charge in [-0.25, -0.2) is 0 Å². The molecule has 1 aliphatic carbocycles. The molecule has 3 rings (SSSR count). The first-order chi connectivity index (χ1) is 13.0. The fourth-order valence-corrected chi connectivity index (χ4v) is 4.49. The van der Waals surface area contributed by atoms with Gasteiger partial charge in [0, 0.05) is 12.6 Å². The van der Waals surface area contributed by atoms with E-state index in [2.05, 4.69) is 30.3 Å². The topological polar surface area (TPSA) is 58.8 Å². The number of benzene rings is 1. The standard InChI is InChI=1S/C22H35N3O2/c1-24(2)15-22(26)25-14-6-9-20(23)21(25)16-27-19-12-10-18(11-13-19)17-7-4-3-5-8-17/h3-5,7-8,18-21H,6,9-16,23H2,1-2H3/t18-,19+,20-,21-/m0/s1. The van der Waals surface area contributed by atoms with Crippen molar-refractivity contribution in [3.8, 4) is 0 Å². The van der Waals surface area contributed by atoms with Crippen LogP contribution in [0.1, 0.15) is 50.0 Å². The van der Waals surface area contributed by atoms with Crippen LogP contribution in [0.25, 0.3) is 0 Å². The highest BCUT2D eigenvalue weighted by molar-refractivity contribution is 5.78. The lowest BCUT2D eigenvalue weighted by Gasteiger charge is -2.41. The maximum atomic E-state index is 12.6. The Morgan fingerprint density at radius 3 is 2.52 bits per heavy atom. The number of hydrogen-bond donors (Lipinski definition) is 1. The molecule has 0 radical (unpaired) electrons. The number of nitrogens with two attached hydrogens (primary N) is 1. The van der Waals surface area contributed by atoms with E-state index in [0.29, 0.717) is 25.2 Å². The Morgan fingerprint density at radius 2 is 1.85 bits per heavy atom. The first kappa shape index (κ1) is 20.3. The molecule has 1 saturated heterocycles. The first-order valence-corrected chi connectivity index (χ1v) is 10.4. The minimum atomic E-state index is 0.0121. The van der Waals surface area contributed by atoms with Crippen molar-refractivity contribution in [2.45, 2.75) is 62.6 Å². The Morgan fingerprint density at radius 1 is 1.15 bits per heavy atom. The highest BCUT2D eigenvalue weighted by Gasteiger charge is 2.33. The van der Waals surface area contributed by atoms with Crippen molar-refractivity contribution in [2.75, 3.05) is 33.8 Å². The largest absolute Gasteiger partial charge is 0.376 e. The summed E-state index contributed by atoms with van der Waals surface area (Å²) in [5, 5.41) is 0. The fraction of sp³-hybridized carbons (Fsp3) is 0.682. The molecule has 1 amide bonds. The van der Waals surface area contributed by atoms with Gasteiger partial charge in [0.05, 0.1) is 25.3 Å². The van der Waals surface area contributed by atoms with Crippen LogP contribution in [0.2, 0.25) is 0 Å². The van der Waals surface area contributed by atoms with Crippen molar-refractivity contribution in [3.63, 3.8) is 0 Å². The molecule has 2 aliphatic rings. The molecular formula is C22H35N3O2. The van der Waals surface area contributed by atoms with Gasteiger partial charge < -0.3 is 20.3 Å². The van der Waals surface area contributed by atoms with Gasteiger partial charge in [-0.3, -0.25) is 4.79 Å². The van der Waals surface area contributed by atoms with E-state index in [9.17, 15) is 4.79 Å². The summed E-state index contributed by atoms with van der Waals surface area (Å²) in [6.45, 7) is 1.81. The molecule has 5 nitrogen and oxygen atoms in total. The van der Waals surface area contributed by atoms with Gasteiger partial charge in [-0.1, -0.05) is 30.3 Å². The van der Waals surface area contributed by atoms with Crippen molar-refractivity contribution in [1.29, 1.82) is 0 Å². The molecule has 0 aromatic heterocycles. The SMILES string of the molecule is CN(C)CC(=O)N1CCC[C@H](N)[C@@H]1CO[C@H]1CC[C@@H](c2ccccc2)CC1. The van der Waals surface area contributed by atoms with Crippen molar-refractivity contribution >= 4 is 5.91 Å². The van der Waals surface area contributed by atoms with Crippen molar-refractivity contribution in [2.24, 2.45) is 5.73 Å². The van der Waals surface area contributed by atoms with Crippen LogP contribution in [0, 0.1) is 0 Å². The molecule has 1 aromatic rings. The van der Waals surface area contributed by atoms with Crippen LogP contribution in [0.4, 0.5) is 0 Å². The van der Waals surface area contributed by atoms with Gasteiger partial charge in [0.2, 0.25) is 5.91 Å². The number of piperidine rings is 1. The summed E-state index contributed by atoms with van der Waals surface area (Å²) in [5.74, 6) is 0.817. The number of likely N-dealkylation sites (N-methyl/N-ethyl adjacent to an activating group) is 1. The Bertz CT molecular complexity index is 584. The van der Waals surface area contributed by atoms with E-state index in [4.69, 9.17) is 10.5 Å². The highest BCUT2D eigenvalue weighted by Crippen LogP contribution is 2.34. The normalized spacial score (nSPS) is 29.1. The third-order valence-electron chi connectivity index (χ3n) is 6.05. The summed E-state index contributed by atoms with van der Waals surface area (Å²) in [6, 6.07) is 10.8. The average molecular weight is 374 g/mol. The van der Waals surface area contributed by atoms with Crippen molar-refractivity contribution < 1.29 is 9.53 Å². The molecule has 0 spiro atoms. The molecule has 1 aliphatic heterocycles. The molecule has 0 unspecified atom stereocenters. The summed E-state index contributed by atoms with van der Waals surface area (Å²) in [5.41, 5.74) is 7.81. The predicted octanol–water partition coefficient (Wildman–Crippen LogP) is 2.61. The number of nitrogens with zero attached hydrogens (tertiary/aromatic N) is 2. The second-order valence-corrected chi connectivity index (χ2v) is 8.42. The molecule has 5 heteroatoms. The third kappa shape index (κ3) is 5.53. The maximum absolute atomic E-state index is 12.6. The zero-order valence-electron chi connectivity index (χ0n) is 16.8. The van der Waals surface area contributed by atoms with E-state index in [1.54, 1.807) is 0 Å². The number of amides is 1. The molecule has 2 atom stereocenters. The summed E-state index contributed by atoms with van der Waals surface area (Å²) < 4.78 is 6.27. The van der Waals surface area contributed by atoms with E-state index in [-0.39, 0.29) is 18.0 Å². The molecule has 150 valence electrons. The van der Waals surface area contributed by atoms with Gasteiger partial charge in [0.1, 0.15) is 0 Å². The molecule has 1 saturated carbocycles. The molecule has 1 aromatic carbocycles. The van der Waals surface area contributed by atoms with Crippen molar-refractivity contribution in [3.05, 3.63) is 35.9 Å². The first-order valence-electron chi connectivity index (χ1n) is 10.4. The number of carbonyl (C=O) groups excluding carboxylic acids is 1. The van der Waals surface area contributed by atoms with E-state index in [0.717, 1.165) is 32.2 Å². The lowest BCUT2D eigenvalue weighted by atomic mass is 9.83. The van der Waals surface area contributed by atoms with Gasteiger partial charge in [0.25, 0.3) is 0 Å². The van der Waals surface area contributed by atoms with Crippen LogP contribution in [0.15, 0.2) is 30.3 Å². The number of hydrogen-bond acceptors (Lipinski definition) is 4. The fourth-order valence-electron chi connectivity index (χ4n) is 4.49. The van der Waals surface area contributed by atoms with Gasteiger partial charge >= 0.3 is 0 Å². The molecular weight excluding hydrogens is 338 g/mol. The average Bonchev–Trinajstić information content (AvgIpc) is 2.67.